The zero-order valence-electron chi connectivity index (χ0n) is 12.3. The van der Waals surface area contributed by atoms with Gasteiger partial charge in [0, 0.05) is 26.5 Å². The van der Waals surface area contributed by atoms with Crippen molar-refractivity contribution in [3.63, 3.8) is 0 Å². The van der Waals surface area contributed by atoms with E-state index >= 15 is 0 Å². The largest absolute Gasteiger partial charge is 0.623 e. The normalized spacial score (nSPS) is 13.5. The fraction of sp³-hybridized carbons (Fsp3) is 0.500. The van der Waals surface area contributed by atoms with Gasteiger partial charge in [-0.05, 0) is 0 Å². The molecule has 1 atom stereocenters. The van der Waals surface area contributed by atoms with E-state index in [-0.39, 0.29) is 17.3 Å². The molecule has 1 aromatic rings. The van der Waals surface area contributed by atoms with Crippen molar-refractivity contribution in [1.29, 1.82) is 0 Å². The van der Waals surface area contributed by atoms with Crippen LogP contribution in [-0.2, 0) is 4.79 Å². The van der Waals surface area contributed by atoms with Crippen molar-refractivity contribution in [2.75, 3.05) is 5.75 Å². The minimum absolute atomic E-state index is 0.0846. The van der Waals surface area contributed by atoms with Gasteiger partial charge >= 0.3 is 5.97 Å². The third-order valence-electron chi connectivity index (χ3n) is 2.48. The summed E-state index contributed by atoms with van der Waals surface area (Å²) in [5.74, 6) is -2.45. The van der Waals surface area contributed by atoms with Crippen LogP contribution in [0.3, 0.4) is 0 Å². The Labute approximate surface area is 132 Å². The Morgan fingerprint density at radius 1 is 1.55 bits per heavy atom. The fourth-order valence-corrected chi connectivity index (χ4v) is 1.44. The summed E-state index contributed by atoms with van der Waals surface area (Å²) in [6.07, 6.45) is 2.40. The number of nitrogens with one attached hydrogen (secondary N) is 1. The molecule has 1 amide bonds. The third-order valence-corrected chi connectivity index (χ3v) is 2.84. The molecule has 1 aromatic heterocycles. The predicted octanol–water partition coefficient (Wildman–Crippen LogP) is -0.288. The van der Waals surface area contributed by atoms with E-state index in [4.69, 9.17) is 5.11 Å². The summed E-state index contributed by atoms with van der Waals surface area (Å²) in [6, 6.07) is -1.17. The second kappa shape index (κ2) is 7.16. The smallest absolute Gasteiger partial charge is 0.327 e. The highest BCUT2D eigenvalue weighted by Crippen LogP contribution is 2.05. The van der Waals surface area contributed by atoms with Gasteiger partial charge in [0.25, 0.3) is 5.91 Å². The zero-order valence-corrected chi connectivity index (χ0v) is 13.2. The summed E-state index contributed by atoms with van der Waals surface area (Å²) in [4.78, 5) is 26.6. The van der Waals surface area contributed by atoms with Crippen LogP contribution in [0, 0.1) is 5.21 Å². The number of carboxylic acids is 1. The molecule has 1 rings (SSSR count). The lowest BCUT2D eigenvalue weighted by Crippen LogP contribution is -2.42. The van der Waals surface area contributed by atoms with Crippen molar-refractivity contribution in [1.82, 2.24) is 20.5 Å². The van der Waals surface area contributed by atoms with Crippen LogP contribution in [0.25, 0.3) is 0 Å². The number of amides is 1. The van der Waals surface area contributed by atoms with Crippen molar-refractivity contribution in [2.45, 2.75) is 32.4 Å². The number of nitrogens with zero attached hydrogens (tertiary/aromatic N) is 4. The quantitative estimate of drug-likeness (QED) is 0.223. The van der Waals surface area contributed by atoms with Crippen LogP contribution in [0.15, 0.2) is 6.20 Å². The van der Waals surface area contributed by atoms with Crippen LogP contribution >= 0.6 is 12.6 Å². The SMILES string of the molecule is CC(C)(C)/[N+]([O-])=C\c1cnnc(C(=O)NC(CS)C(=O)O)n1. The van der Waals surface area contributed by atoms with Crippen molar-refractivity contribution < 1.29 is 19.4 Å². The Hall–Kier alpha value is -2.23. The number of hydrogen-bond donors (Lipinski definition) is 3. The van der Waals surface area contributed by atoms with Crippen LogP contribution in [0.5, 0.6) is 0 Å². The van der Waals surface area contributed by atoms with E-state index in [2.05, 4.69) is 33.1 Å². The fourth-order valence-electron chi connectivity index (χ4n) is 1.20. The molecule has 0 spiro atoms. The van der Waals surface area contributed by atoms with Crippen LogP contribution in [-0.4, -0.2) is 60.5 Å². The highest BCUT2D eigenvalue weighted by molar-refractivity contribution is 7.80. The van der Waals surface area contributed by atoms with Crippen LogP contribution in [0.1, 0.15) is 37.1 Å². The second-order valence-electron chi connectivity index (χ2n) is 5.38. The lowest BCUT2D eigenvalue weighted by molar-refractivity contribution is -0.530. The van der Waals surface area contributed by atoms with E-state index in [1.807, 2.05) is 0 Å². The number of carboxylic acid groups (broad SMARTS) is 1. The average molecular weight is 327 g/mol. The van der Waals surface area contributed by atoms with Gasteiger partial charge < -0.3 is 15.6 Å². The minimum atomic E-state index is -1.22. The molecule has 1 unspecified atom stereocenters. The molecule has 0 aliphatic carbocycles. The van der Waals surface area contributed by atoms with Gasteiger partial charge in [-0.1, -0.05) is 0 Å². The highest BCUT2D eigenvalue weighted by Gasteiger charge is 2.22. The molecule has 0 bridgehead atoms. The molecule has 10 heteroatoms. The zero-order chi connectivity index (χ0) is 16.9. The Kier molecular flexibility index (Phi) is 5.80. The number of thiol groups is 1. The Morgan fingerprint density at radius 2 is 2.18 bits per heavy atom. The summed E-state index contributed by atoms with van der Waals surface area (Å²) in [7, 11) is 0. The molecule has 0 aliphatic rings. The maximum atomic E-state index is 11.9. The van der Waals surface area contributed by atoms with E-state index in [9.17, 15) is 14.8 Å². The van der Waals surface area contributed by atoms with E-state index < -0.39 is 23.5 Å². The molecule has 0 radical (unpaired) electrons. The highest BCUT2D eigenvalue weighted by atomic mass is 32.1. The first-order valence-electron chi connectivity index (χ1n) is 6.30. The lowest BCUT2D eigenvalue weighted by atomic mass is 10.1. The molecule has 0 fully saturated rings. The maximum absolute atomic E-state index is 11.9. The molecular weight excluding hydrogens is 310 g/mol. The molecular formula is C12H17N5O4S. The van der Waals surface area contributed by atoms with Crippen molar-refractivity contribution in [3.8, 4) is 0 Å². The molecule has 22 heavy (non-hydrogen) atoms. The van der Waals surface area contributed by atoms with Crippen LogP contribution < -0.4 is 5.32 Å². The molecule has 0 saturated heterocycles. The summed E-state index contributed by atoms with van der Waals surface area (Å²) in [5, 5.41) is 30.0. The standard InChI is InChI=1S/C12H17N5O4S/c1-12(2,3)17(21)5-7-4-13-16-9(14-7)10(18)15-8(6-22)11(19)20/h4-5,8,22H,6H2,1-3H3,(H,15,18)(H,19,20)/b17-5+. The number of hydrogen-bond acceptors (Lipinski definition) is 7. The topological polar surface area (TPSA) is 131 Å². The number of aromatic nitrogens is 3. The van der Waals surface area contributed by atoms with Crippen LogP contribution in [0.2, 0.25) is 0 Å². The van der Waals surface area contributed by atoms with Crippen molar-refractivity contribution in [3.05, 3.63) is 22.9 Å². The summed E-state index contributed by atoms with van der Waals surface area (Å²) in [5.41, 5.74) is -0.531. The third kappa shape index (κ3) is 4.95. The Bertz CT molecular complexity index is 599. The van der Waals surface area contributed by atoms with E-state index in [0.29, 0.717) is 4.74 Å². The summed E-state index contributed by atoms with van der Waals surface area (Å²) < 4.78 is 0.673. The average Bonchev–Trinajstić information content (AvgIpc) is 2.43. The van der Waals surface area contributed by atoms with Crippen molar-refractivity contribution >= 4 is 30.7 Å². The van der Waals surface area contributed by atoms with E-state index in [0.717, 1.165) is 0 Å². The number of carbonyl (C=O) groups excluding carboxylic acids is 1. The number of rotatable bonds is 5. The van der Waals surface area contributed by atoms with Crippen molar-refractivity contribution in [2.24, 2.45) is 0 Å². The van der Waals surface area contributed by atoms with Gasteiger partial charge in [-0.3, -0.25) is 4.79 Å². The van der Waals surface area contributed by atoms with Gasteiger partial charge in [-0.25, -0.2) is 14.5 Å². The summed E-state index contributed by atoms with van der Waals surface area (Å²) in [6.45, 7) is 5.13. The first-order chi connectivity index (χ1) is 10.1. The first kappa shape index (κ1) is 17.8. The van der Waals surface area contributed by atoms with Crippen LogP contribution in [0.4, 0.5) is 0 Å². The predicted molar refractivity (Wildman–Crippen MR) is 81.1 cm³/mol. The van der Waals surface area contributed by atoms with Gasteiger partial charge in [0.2, 0.25) is 12.0 Å². The molecule has 2 N–H and O–H groups in total. The first-order valence-corrected chi connectivity index (χ1v) is 6.94. The molecule has 9 nitrogen and oxygen atoms in total. The number of aliphatic carboxylic acids is 1. The number of hydroxylamine groups is 1. The molecule has 0 aromatic carbocycles. The molecule has 0 saturated carbocycles. The van der Waals surface area contributed by atoms with Gasteiger partial charge in [-0.15, -0.1) is 5.10 Å². The molecule has 120 valence electrons. The van der Waals surface area contributed by atoms with E-state index in [1.54, 1.807) is 20.8 Å². The number of carbonyl (C=O) groups is 2. The Balaban J connectivity index is 2.97. The molecule has 0 aliphatic heterocycles. The lowest BCUT2D eigenvalue weighted by Gasteiger charge is -2.18. The minimum Gasteiger partial charge on any atom is -0.623 e. The Morgan fingerprint density at radius 3 is 2.68 bits per heavy atom. The summed E-state index contributed by atoms with van der Waals surface area (Å²) >= 11 is 3.83. The van der Waals surface area contributed by atoms with Gasteiger partial charge in [0.15, 0.2) is 11.2 Å². The van der Waals surface area contributed by atoms with Gasteiger partial charge in [-0.2, -0.15) is 17.7 Å². The van der Waals surface area contributed by atoms with Gasteiger partial charge in [0.1, 0.15) is 6.04 Å². The second-order valence-corrected chi connectivity index (χ2v) is 5.74. The monoisotopic (exact) mass is 327 g/mol. The molecule has 1 heterocycles. The maximum Gasteiger partial charge on any atom is 0.327 e. The van der Waals surface area contributed by atoms with E-state index in [1.165, 1.54) is 12.4 Å². The van der Waals surface area contributed by atoms with Gasteiger partial charge in [0.05, 0.1) is 6.20 Å².